The molecule has 0 fully saturated rings. The third-order valence-electron chi connectivity index (χ3n) is 0.949. The van der Waals surface area contributed by atoms with Crippen LogP contribution in [0.4, 0.5) is 0 Å². The van der Waals surface area contributed by atoms with Gasteiger partial charge >= 0.3 is 0 Å². The fraction of sp³-hybridized carbons (Fsp3) is 0.667. The van der Waals surface area contributed by atoms with E-state index in [4.69, 9.17) is 11.5 Å². The number of hydrogen-bond acceptors (Lipinski definition) is 1. The van der Waals surface area contributed by atoms with Gasteiger partial charge in [-0.2, -0.15) is 0 Å². The Balaban J connectivity index is 3.23. The second-order valence-corrected chi connectivity index (χ2v) is 1.45. The number of rotatable bonds is 2. The number of terminal acetylenes is 1. The zero-order chi connectivity index (χ0) is 5.70. The van der Waals surface area contributed by atoms with Crippen LogP contribution in [0, 0.1) is 18.3 Å². The molecule has 1 N–H and O–H groups in total. The summed E-state index contributed by atoms with van der Waals surface area (Å²) in [6, 6.07) is 0. The zero-order valence-corrected chi connectivity index (χ0v) is 4.52. The van der Waals surface area contributed by atoms with Gasteiger partial charge in [0, 0.05) is 5.92 Å². The van der Waals surface area contributed by atoms with E-state index in [2.05, 4.69) is 5.92 Å². The van der Waals surface area contributed by atoms with E-state index in [1.807, 2.05) is 6.92 Å². The van der Waals surface area contributed by atoms with Gasteiger partial charge in [0.15, 0.2) is 0 Å². The third-order valence-corrected chi connectivity index (χ3v) is 0.949. The van der Waals surface area contributed by atoms with Gasteiger partial charge in [-0.3, -0.25) is 0 Å². The van der Waals surface area contributed by atoms with Crippen LogP contribution in [-0.2, 0) is 0 Å². The molecule has 0 amide bonds. The molecule has 40 valence electrons. The molecule has 0 saturated carbocycles. The average Bonchev–Trinajstić information content (AvgIpc) is 1.72. The molecule has 0 spiro atoms. The highest BCUT2D eigenvalue weighted by atomic mass is 16.3. The van der Waals surface area contributed by atoms with Crippen molar-refractivity contribution >= 4 is 0 Å². The van der Waals surface area contributed by atoms with Gasteiger partial charge in [0.25, 0.3) is 0 Å². The lowest BCUT2D eigenvalue weighted by atomic mass is 10.1. The fourth-order valence-electron chi connectivity index (χ4n) is 0.300. The van der Waals surface area contributed by atoms with Gasteiger partial charge < -0.3 is 5.11 Å². The van der Waals surface area contributed by atoms with Crippen molar-refractivity contribution in [1.82, 2.24) is 0 Å². The van der Waals surface area contributed by atoms with Crippen molar-refractivity contribution in [3.8, 4) is 12.3 Å². The molecule has 0 aliphatic carbocycles. The molecule has 0 aromatic carbocycles. The zero-order valence-electron chi connectivity index (χ0n) is 4.52. The van der Waals surface area contributed by atoms with E-state index in [9.17, 15) is 0 Å². The van der Waals surface area contributed by atoms with Crippen LogP contribution in [0.1, 0.15) is 13.3 Å². The van der Waals surface area contributed by atoms with Gasteiger partial charge in [-0.05, 0) is 6.42 Å². The normalized spacial score (nSPS) is 12.7. The van der Waals surface area contributed by atoms with Crippen molar-refractivity contribution in [2.45, 2.75) is 13.3 Å². The topological polar surface area (TPSA) is 20.2 Å². The third kappa shape index (κ3) is 2.24. The first kappa shape index (κ1) is 6.52. The highest BCUT2D eigenvalue weighted by Crippen LogP contribution is 1.95. The Kier molecular flexibility index (Phi) is 3.45. The maximum atomic E-state index is 8.38. The second-order valence-electron chi connectivity index (χ2n) is 1.45. The lowest BCUT2D eigenvalue weighted by molar-refractivity contribution is 0.254. The Morgan fingerprint density at radius 2 is 2.43 bits per heavy atom. The van der Waals surface area contributed by atoms with Crippen LogP contribution in [0.2, 0.25) is 0 Å². The van der Waals surface area contributed by atoms with Crippen molar-refractivity contribution in [3.05, 3.63) is 0 Å². The first-order valence-corrected chi connectivity index (χ1v) is 2.42. The van der Waals surface area contributed by atoms with Gasteiger partial charge in [0.05, 0.1) is 6.61 Å². The van der Waals surface area contributed by atoms with Crippen LogP contribution in [-0.4, -0.2) is 11.7 Å². The van der Waals surface area contributed by atoms with Crippen LogP contribution >= 0.6 is 0 Å². The molecular weight excluding hydrogens is 88.1 g/mol. The molecule has 7 heavy (non-hydrogen) atoms. The Morgan fingerprint density at radius 1 is 1.86 bits per heavy atom. The molecule has 1 heteroatoms. The summed E-state index contributed by atoms with van der Waals surface area (Å²) in [5, 5.41) is 8.38. The summed E-state index contributed by atoms with van der Waals surface area (Å²) >= 11 is 0. The van der Waals surface area contributed by atoms with E-state index >= 15 is 0 Å². The molecular formula is C6H10O. The van der Waals surface area contributed by atoms with Crippen molar-refractivity contribution < 1.29 is 5.11 Å². The molecule has 0 aromatic rings. The smallest absolute Gasteiger partial charge is 0.0568 e. The van der Waals surface area contributed by atoms with Crippen molar-refractivity contribution in [2.75, 3.05) is 6.61 Å². The summed E-state index contributed by atoms with van der Waals surface area (Å²) in [5.74, 6) is 2.52. The van der Waals surface area contributed by atoms with Crippen LogP contribution in [0.15, 0.2) is 0 Å². The quantitative estimate of drug-likeness (QED) is 0.502. The summed E-state index contributed by atoms with van der Waals surface area (Å²) in [5.41, 5.74) is 0. The second kappa shape index (κ2) is 3.70. The molecule has 0 saturated heterocycles. The molecule has 0 radical (unpaired) electrons. The van der Waals surface area contributed by atoms with Gasteiger partial charge in [-0.1, -0.05) is 6.92 Å². The molecule has 1 unspecified atom stereocenters. The number of aliphatic hydroxyl groups is 1. The van der Waals surface area contributed by atoms with E-state index in [-0.39, 0.29) is 12.5 Å². The minimum atomic E-state index is 0.0694. The van der Waals surface area contributed by atoms with Gasteiger partial charge in [-0.25, -0.2) is 0 Å². The van der Waals surface area contributed by atoms with Crippen LogP contribution < -0.4 is 0 Å². The lowest BCUT2D eigenvalue weighted by Gasteiger charge is -1.97. The molecule has 0 heterocycles. The minimum absolute atomic E-state index is 0.0694. The van der Waals surface area contributed by atoms with E-state index in [0.717, 1.165) is 6.42 Å². The van der Waals surface area contributed by atoms with E-state index in [0.29, 0.717) is 0 Å². The largest absolute Gasteiger partial charge is 0.395 e. The summed E-state index contributed by atoms with van der Waals surface area (Å²) in [6.07, 6.45) is 5.85. The van der Waals surface area contributed by atoms with Crippen molar-refractivity contribution in [1.29, 1.82) is 0 Å². The van der Waals surface area contributed by atoms with Crippen LogP contribution in [0.5, 0.6) is 0 Å². The van der Waals surface area contributed by atoms with E-state index in [1.165, 1.54) is 0 Å². The SMILES string of the molecule is C#CC(CC)CO. The molecule has 1 atom stereocenters. The summed E-state index contributed by atoms with van der Waals surface area (Å²) in [6.45, 7) is 2.08. The molecule has 0 rings (SSSR count). The Bertz CT molecular complexity index is 66.7. The van der Waals surface area contributed by atoms with Gasteiger partial charge in [0.2, 0.25) is 0 Å². The van der Waals surface area contributed by atoms with Crippen molar-refractivity contribution in [2.24, 2.45) is 5.92 Å². The van der Waals surface area contributed by atoms with Crippen LogP contribution in [0.3, 0.4) is 0 Å². The first-order chi connectivity index (χ1) is 3.35. The molecule has 0 bridgehead atoms. The Labute approximate surface area is 44.4 Å². The highest BCUT2D eigenvalue weighted by Gasteiger charge is 1.94. The Hall–Kier alpha value is -0.480. The van der Waals surface area contributed by atoms with Crippen molar-refractivity contribution in [3.63, 3.8) is 0 Å². The van der Waals surface area contributed by atoms with E-state index in [1.54, 1.807) is 0 Å². The minimum Gasteiger partial charge on any atom is -0.395 e. The maximum Gasteiger partial charge on any atom is 0.0568 e. The predicted octanol–water partition coefficient (Wildman–Crippen LogP) is 0.638. The molecule has 0 aliphatic heterocycles. The van der Waals surface area contributed by atoms with Gasteiger partial charge in [-0.15, -0.1) is 12.3 Å². The monoisotopic (exact) mass is 98.1 g/mol. The van der Waals surface area contributed by atoms with Gasteiger partial charge in [0.1, 0.15) is 0 Å². The summed E-state index contributed by atoms with van der Waals surface area (Å²) in [7, 11) is 0. The first-order valence-electron chi connectivity index (χ1n) is 2.42. The van der Waals surface area contributed by atoms with Crippen LogP contribution in [0.25, 0.3) is 0 Å². The number of aliphatic hydroxyl groups excluding tert-OH is 1. The maximum absolute atomic E-state index is 8.38. The fourth-order valence-corrected chi connectivity index (χ4v) is 0.300. The number of hydrogen-bond donors (Lipinski definition) is 1. The molecule has 1 nitrogen and oxygen atoms in total. The summed E-state index contributed by atoms with van der Waals surface area (Å²) in [4.78, 5) is 0. The standard InChI is InChI=1S/C6H10O/c1-3-6(4-2)5-7/h1,6-7H,4-5H2,2H3. The van der Waals surface area contributed by atoms with E-state index < -0.39 is 0 Å². The average molecular weight is 98.1 g/mol. The predicted molar refractivity (Wildman–Crippen MR) is 29.7 cm³/mol. The summed E-state index contributed by atoms with van der Waals surface area (Å²) < 4.78 is 0. The lowest BCUT2D eigenvalue weighted by Crippen LogP contribution is -1.99. The highest BCUT2D eigenvalue weighted by molar-refractivity contribution is 4.91. The Morgan fingerprint density at radius 3 is 2.43 bits per heavy atom. The molecule has 0 aromatic heterocycles. The molecule has 0 aliphatic rings.